The van der Waals surface area contributed by atoms with Crippen molar-refractivity contribution in [1.82, 2.24) is 15.1 Å². The van der Waals surface area contributed by atoms with E-state index in [-0.39, 0.29) is 11.8 Å². The highest BCUT2D eigenvalue weighted by molar-refractivity contribution is 5.78. The molecule has 0 radical (unpaired) electrons. The molecule has 1 aliphatic heterocycles. The molecule has 122 valence electrons. The second-order valence-corrected chi connectivity index (χ2v) is 5.61. The zero-order chi connectivity index (χ0) is 15.5. The van der Waals surface area contributed by atoms with Gasteiger partial charge in [-0.2, -0.15) is 0 Å². The van der Waals surface area contributed by atoms with Crippen molar-refractivity contribution in [1.29, 1.82) is 0 Å². The Kier molecular flexibility index (Phi) is 9.01. The Bertz CT molecular complexity index is 315. The van der Waals surface area contributed by atoms with Crippen LogP contribution in [0.5, 0.6) is 0 Å². The molecule has 3 N–H and O–H groups in total. The van der Waals surface area contributed by atoms with Crippen molar-refractivity contribution in [2.75, 3.05) is 45.8 Å². The van der Waals surface area contributed by atoms with Crippen LogP contribution in [-0.4, -0.2) is 67.4 Å². The minimum atomic E-state index is 0.0819. The first-order valence-electron chi connectivity index (χ1n) is 8.14. The summed E-state index contributed by atoms with van der Waals surface area (Å²) in [5.74, 6) is 0.320. The number of hydrogen-bond acceptors (Lipinski definition) is 4. The van der Waals surface area contributed by atoms with Crippen molar-refractivity contribution in [3.05, 3.63) is 0 Å². The number of nitrogens with one attached hydrogen (secondary N) is 1. The van der Waals surface area contributed by atoms with Gasteiger partial charge in [-0.15, -0.1) is 0 Å². The molecule has 0 bridgehead atoms. The van der Waals surface area contributed by atoms with Gasteiger partial charge in [-0.25, -0.2) is 0 Å². The molecule has 1 saturated heterocycles. The van der Waals surface area contributed by atoms with Crippen molar-refractivity contribution >= 4 is 11.8 Å². The summed E-state index contributed by atoms with van der Waals surface area (Å²) in [4.78, 5) is 27.7. The van der Waals surface area contributed by atoms with Crippen molar-refractivity contribution in [2.24, 2.45) is 5.73 Å². The number of nitrogens with zero attached hydrogens (tertiary/aromatic N) is 2. The number of piperazine rings is 1. The Morgan fingerprint density at radius 3 is 2.43 bits per heavy atom. The fourth-order valence-corrected chi connectivity index (χ4v) is 2.43. The molecule has 1 fully saturated rings. The third-order valence-electron chi connectivity index (χ3n) is 3.76. The van der Waals surface area contributed by atoms with Gasteiger partial charge in [0.15, 0.2) is 0 Å². The molecule has 1 heterocycles. The zero-order valence-corrected chi connectivity index (χ0v) is 13.3. The SMILES string of the molecule is CCCNC(=O)CN1CCN(C(=O)CCCCCN)CC1. The first-order valence-corrected chi connectivity index (χ1v) is 8.14. The van der Waals surface area contributed by atoms with Crippen LogP contribution in [0.25, 0.3) is 0 Å². The maximum Gasteiger partial charge on any atom is 0.234 e. The fourth-order valence-electron chi connectivity index (χ4n) is 2.43. The summed E-state index contributed by atoms with van der Waals surface area (Å²) in [7, 11) is 0. The van der Waals surface area contributed by atoms with Crippen LogP contribution in [0.2, 0.25) is 0 Å². The van der Waals surface area contributed by atoms with Gasteiger partial charge >= 0.3 is 0 Å². The molecule has 0 atom stereocenters. The van der Waals surface area contributed by atoms with Crippen LogP contribution in [0.4, 0.5) is 0 Å². The Morgan fingerprint density at radius 1 is 1.10 bits per heavy atom. The highest BCUT2D eigenvalue weighted by Crippen LogP contribution is 2.07. The standard InChI is InChI=1S/C15H30N4O2/c1-2-8-17-14(20)13-18-9-11-19(12-10-18)15(21)6-4-3-5-7-16/h2-13,16H2,1H3,(H,17,20). The molecule has 0 aromatic carbocycles. The van der Waals surface area contributed by atoms with E-state index in [0.29, 0.717) is 19.5 Å². The minimum Gasteiger partial charge on any atom is -0.355 e. The molecule has 21 heavy (non-hydrogen) atoms. The highest BCUT2D eigenvalue weighted by Gasteiger charge is 2.21. The molecule has 0 spiro atoms. The van der Waals surface area contributed by atoms with Crippen LogP contribution in [-0.2, 0) is 9.59 Å². The number of carbonyl (C=O) groups is 2. The van der Waals surface area contributed by atoms with E-state index in [0.717, 1.165) is 58.4 Å². The predicted octanol–water partition coefficient (Wildman–Crippen LogP) is 0.176. The van der Waals surface area contributed by atoms with Crippen LogP contribution in [0.3, 0.4) is 0 Å². The van der Waals surface area contributed by atoms with Crippen LogP contribution < -0.4 is 11.1 Å². The van der Waals surface area contributed by atoms with Crippen molar-refractivity contribution < 1.29 is 9.59 Å². The van der Waals surface area contributed by atoms with Gasteiger partial charge in [-0.05, 0) is 25.8 Å². The Balaban J connectivity index is 2.16. The number of amides is 2. The lowest BCUT2D eigenvalue weighted by Gasteiger charge is -2.34. The smallest absolute Gasteiger partial charge is 0.234 e. The highest BCUT2D eigenvalue weighted by atomic mass is 16.2. The fraction of sp³-hybridized carbons (Fsp3) is 0.867. The molecule has 0 aromatic heterocycles. The second-order valence-electron chi connectivity index (χ2n) is 5.61. The molecule has 0 saturated carbocycles. The zero-order valence-electron chi connectivity index (χ0n) is 13.3. The van der Waals surface area contributed by atoms with E-state index in [4.69, 9.17) is 5.73 Å². The van der Waals surface area contributed by atoms with Gasteiger partial charge in [0.2, 0.25) is 11.8 Å². The van der Waals surface area contributed by atoms with E-state index in [2.05, 4.69) is 10.2 Å². The second kappa shape index (κ2) is 10.6. The minimum absolute atomic E-state index is 0.0819. The topological polar surface area (TPSA) is 78.7 Å². The monoisotopic (exact) mass is 298 g/mol. The lowest BCUT2D eigenvalue weighted by Crippen LogP contribution is -2.51. The van der Waals surface area contributed by atoms with Gasteiger partial charge in [-0.3, -0.25) is 14.5 Å². The molecule has 1 aliphatic rings. The first kappa shape index (κ1) is 17.9. The molecule has 2 amide bonds. The number of hydrogen-bond donors (Lipinski definition) is 2. The number of unbranched alkanes of at least 4 members (excludes halogenated alkanes) is 2. The van der Waals surface area contributed by atoms with Crippen molar-refractivity contribution in [2.45, 2.75) is 39.0 Å². The molecule has 6 heteroatoms. The summed E-state index contributed by atoms with van der Waals surface area (Å²) in [5, 5.41) is 2.88. The third-order valence-corrected chi connectivity index (χ3v) is 3.76. The number of nitrogens with two attached hydrogens (primary N) is 1. The van der Waals surface area contributed by atoms with E-state index in [1.807, 2.05) is 11.8 Å². The van der Waals surface area contributed by atoms with Crippen LogP contribution in [0, 0.1) is 0 Å². The summed E-state index contributed by atoms with van der Waals surface area (Å²) in [5.41, 5.74) is 5.44. The van der Waals surface area contributed by atoms with Gasteiger partial charge in [-0.1, -0.05) is 13.3 Å². The Morgan fingerprint density at radius 2 is 1.81 bits per heavy atom. The maximum absolute atomic E-state index is 12.0. The number of rotatable bonds is 9. The largest absolute Gasteiger partial charge is 0.355 e. The molecule has 0 aliphatic carbocycles. The average molecular weight is 298 g/mol. The Labute approximate surface area is 128 Å². The summed E-state index contributed by atoms with van der Waals surface area (Å²) < 4.78 is 0. The maximum atomic E-state index is 12.0. The summed E-state index contributed by atoms with van der Waals surface area (Å²) in [6.07, 6.45) is 4.53. The van der Waals surface area contributed by atoms with E-state index < -0.39 is 0 Å². The summed E-state index contributed by atoms with van der Waals surface area (Å²) in [6, 6.07) is 0. The van der Waals surface area contributed by atoms with E-state index >= 15 is 0 Å². The predicted molar refractivity (Wildman–Crippen MR) is 83.8 cm³/mol. The van der Waals surface area contributed by atoms with Gasteiger partial charge in [0.1, 0.15) is 0 Å². The van der Waals surface area contributed by atoms with Gasteiger partial charge in [0.25, 0.3) is 0 Å². The lowest BCUT2D eigenvalue weighted by atomic mass is 10.1. The van der Waals surface area contributed by atoms with Crippen molar-refractivity contribution in [3.63, 3.8) is 0 Å². The Hall–Kier alpha value is -1.14. The normalized spacial score (nSPS) is 16.0. The van der Waals surface area contributed by atoms with E-state index in [1.165, 1.54) is 0 Å². The van der Waals surface area contributed by atoms with Crippen LogP contribution in [0.1, 0.15) is 39.0 Å². The van der Waals surface area contributed by atoms with E-state index in [9.17, 15) is 9.59 Å². The molecule has 6 nitrogen and oxygen atoms in total. The third kappa shape index (κ3) is 7.43. The summed E-state index contributed by atoms with van der Waals surface area (Å²) in [6.45, 7) is 6.96. The lowest BCUT2D eigenvalue weighted by molar-refractivity contribution is -0.133. The van der Waals surface area contributed by atoms with Crippen molar-refractivity contribution in [3.8, 4) is 0 Å². The quantitative estimate of drug-likeness (QED) is 0.595. The summed E-state index contributed by atoms with van der Waals surface area (Å²) >= 11 is 0. The van der Waals surface area contributed by atoms with Gasteiger partial charge in [0.05, 0.1) is 6.54 Å². The molecular weight excluding hydrogens is 268 g/mol. The molecule has 0 aromatic rings. The first-order chi connectivity index (χ1) is 10.2. The van der Waals surface area contributed by atoms with Gasteiger partial charge in [0, 0.05) is 39.1 Å². The molecular formula is C15H30N4O2. The molecule has 1 rings (SSSR count). The molecule has 0 unspecified atom stereocenters. The van der Waals surface area contributed by atoms with Crippen LogP contribution in [0.15, 0.2) is 0 Å². The van der Waals surface area contributed by atoms with Gasteiger partial charge < -0.3 is 16.0 Å². The average Bonchev–Trinajstić information content (AvgIpc) is 2.50. The number of carbonyl (C=O) groups excluding carboxylic acids is 2. The van der Waals surface area contributed by atoms with E-state index in [1.54, 1.807) is 0 Å². The van der Waals surface area contributed by atoms with Crippen LogP contribution >= 0.6 is 0 Å².